The molecule has 25 heavy (non-hydrogen) atoms. The summed E-state index contributed by atoms with van der Waals surface area (Å²) in [6, 6.07) is 21.0. The van der Waals surface area contributed by atoms with Crippen molar-refractivity contribution in [2.24, 2.45) is 0 Å². The van der Waals surface area contributed by atoms with Crippen LogP contribution in [0.3, 0.4) is 0 Å². The Morgan fingerprint density at radius 2 is 1.48 bits per heavy atom. The molecule has 3 aromatic rings. The molecule has 0 saturated heterocycles. The van der Waals surface area contributed by atoms with Gasteiger partial charge in [0.1, 0.15) is 0 Å². The molecule has 2 heterocycles. The third kappa shape index (κ3) is 5.23. The van der Waals surface area contributed by atoms with Gasteiger partial charge in [0, 0.05) is 32.0 Å². The van der Waals surface area contributed by atoms with Gasteiger partial charge in [0.15, 0.2) is 0 Å². The molecule has 0 amide bonds. The minimum absolute atomic E-state index is 0.514. The maximum absolute atomic E-state index is 4.58. The molecule has 0 unspecified atom stereocenters. The molecular formula is C22H25N3. The van der Waals surface area contributed by atoms with E-state index in [1.165, 1.54) is 11.1 Å². The van der Waals surface area contributed by atoms with Crippen LogP contribution < -0.4 is 0 Å². The molecule has 0 aliphatic rings. The normalized spacial score (nSPS) is 11.2. The van der Waals surface area contributed by atoms with Gasteiger partial charge in [0.2, 0.25) is 0 Å². The number of nitrogens with zero attached hydrogens (tertiary/aromatic N) is 3. The quantitative estimate of drug-likeness (QED) is 0.622. The van der Waals surface area contributed by atoms with Crippen LogP contribution in [0.5, 0.6) is 0 Å². The lowest BCUT2D eigenvalue weighted by molar-refractivity contribution is 0.241. The molecule has 128 valence electrons. The highest BCUT2D eigenvalue weighted by Crippen LogP contribution is 2.17. The minimum atomic E-state index is 0.514. The van der Waals surface area contributed by atoms with E-state index in [4.69, 9.17) is 0 Å². The van der Waals surface area contributed by atoms with E-state index in [-0.39, 0.29) is 0 Å². The second kappa shape index (κ2) is 8.54. The topological polar surface area (TPSA) is 29.0 Å². The first-order valence-electron chi connectivity index (χ1n) is 8.82. The van der Waals surface area contributed by atoms with E-state index in [0.29, 0.717) is 5.92 Å². The van der Waals surface area contributed by atoms with Crippen LogP contribution in [0, 0.1) is 0 Å². The zero-order valence-electron chi connectivity index (χ0n) is 15.0. The molecule has 0 aliphatic heterocycles. The van der Waals surface area contributed by atoms with Crippen molar-refractivity contribution in [2.45, 2.75) is 39.4 Å². The van der Waals surface area contributed by atoms with Crippen LogP contribution in [0.15, 0.2) is 73.1 Å². The second-order valence-electron chi connectivity index (χ2n) is 6.69. The molecule has 1 aromatic carbocycles. The lowest BCUT2D eigenvalue weighted by Gasteiger charge is -2.22. The van der Waals surface area contributed by atoms with Crippen molar-refractivity contribution in [1.29, 1.82) is 0 Å². The number of benzene rings is 1. The smallest absolute Gasteiger partial charge is 0.0547 e. The molecule has 0 spiro atoms. The second-order valence-corrected chi connectivity index (χ2v) is 6.69. The average Bonchev–Trinajstić information content (AvgIpc) is 2.63. The molecule has 0 saturated carbocycles. The standard InChI is InChI=1S/C22H25N3/c1-18(2)20-11-13-24-22(14-20)17-25(15-19-8-4-3-5-9-19)16-21-10-6-7-12-23-21/h3-14,18H,15-17H2,1-2H3. The summed E-state index contributed by atoms with van der Waals surface area (Å²) in [5.41, 5.74) is 4.83. The number of aromatic nitrogens is 2. The largest absolute Gasteiger partial charge is 0.287 e. The average molecular weight is 331 g/mol. The summed E-state index contributed by atoms with van der Waals surface area (Å²) in [6.45, 7) is 6.93. The van der Waals surface area contributed by atoms with Gasteiger partial charge in [-0.15, -0.1) is 0 Å². The van der Waals surface area contributed by atoms with Gasteiger partial charge in [-0.05, 0) is 41.3 Å². The Morgan fingerprint density at radius 1 is 0.760 bits per heavy atom. The molecule has 0 N–H and O–H groups in total. The van der Waals surface area contributed by atoms with Crippen LogP contribution in [-0.2, 0) is 19.6 Å². The first-order chi connectivity index (χ1) is 12.2. The van der Waals surface area contributed by atoms with Crippen molar-refractivity contribution in [3.8, 4) is 0 Å². The fourth-order valence-electron chi connectivity index (χ4n) is 2.90. The fraction of sp³-hybridized carbons (Fsp3) is 0.273. The van der Waals surface area contributed by atoms with E-state index < -0.39 is 0 Å². The van der Waals surface area contributed by atoms with E-state index in [2.05, 4.69) is 77.2 Å². The van der Waals surface area contributed by atoms with Gasteiger partial charge in [-0.1, -0.05) is 50.2 Å². The number of rotatable bonds is 7. The Kier molecular flexibility index (Phi) is 5.91. The van der Waals surface area contributed by atoms with E-state index in [0.717, 1.165) is 31.0 Å². The molecule has 0 radical (unpaired) electrons. The van der Waals surface area contributed by atoms with Crippen molar-refractivity contribution in [3.63, 3.8) is 0 Å². The van der Waals surface area contributed by atoms with Gasteiger partial charge in [0.25, 0.3) is 0 Å². The van der Waals surface area contributed by atoms with Crippen LogP contribution >= 0.6 is 0 Å². The van der Waals surface area contributed by atoms with Crippen LogP contribution in [0.25, 0.3) is 0 Å². The van der Waals surface area contributed by atoms with Crippen molar-refractivity contribution < 1.29 is 0 Å². The minimum Gasteiger partial charge on any atom is -0.287 e. The Hall–Kier alpha value is -2.52. The van der Waals surface area contributed by atoms with Gasteiger partial charge in [-0.25, -0.2) is 0 Å². The van der Waals surface area contributed by atoms with E-state index >= 15 is 0 Å². The van der Waals surface area contributed by atoms with Crippen molar-refractivity contribution in [3.05, 3.63) is 95.6 Å². The molecular weight excluding hydrogens is 306 g/mol. The summed E-state index contributed by atoms with van der Waals surface area (Å²) in [5, 5.41) is 0. The third-order valence-electron chi connectivity index (χ3n) is 4.25. The molecule has 0 aliphatic carbocycles. The zero-order chi connectivity index (χ0) is 17.5. The summed E-state index contributed by atoms with van der Waals surface area (Å²) in [4.78, 5) is 11.5. The van der Waals surface area contributed by atoms with Gasteiger partial charge in [-0.3, -0.25) is 14.9 Å². The fourth-order valence-corrected chi connectivity index (χ4v) is 2.90. The Morgan fingerprint density at radius 3 is 2.20 bits per heavy atom. The maximum Gasteiger partial charge on any atom is 0.0547 e. The Labute approximate surface area is 150 Å². The molecule has 0 atom stereocenters. The van der Waals surface area contributed by atoms with Crippen LogP contribution in [0.2, 0.25) is 0 Å². The predicted octanol–water partition coefficient (Wildman–Crippen LogP) is 4.80. The van der Waals surface area contributed by atoms with Crippen molar-refractivity contribution in [1.82, 2.24) is 14.9 Å². The molecule has 0 bridgehead atoms. The van der Waals surface area contributed by atoms with Crippen LogP contribution in [0.1, 0.15) is 42.3 Å². The highest BCUT2D eigenvalue weighted by atomic mass is 15.1. The summed E-state index contributed by atoms with van der Waals surface area (Å²) in [6.07, 6.45) is 3.78. The Bertz CT molecular complexity index is 728. The summed E-state index contributed by atoms with van der Waals surface area (Å²) in [7, 11) is 0. The van der Waals surface area contributed by atoms with E-state index in [9.17, 15) is 0 Å². The number of pyridine rings is 2. The molecule has 3 nitrogen and oxygen atoms in total. The number of hydrogen-bond acceptors (Lipinski definition) is 3. The number of hydrogen-bond donors (Lipinski definition) is 0. The van der Waals surface area contributed by atoms with Crippen LogP contribution in [-0.4, -0.2) is 14.9 Å². The van der Waals surface area contributed by atoms with Crippen LogP contribution in [0.4, 0.5) is 0 Å². The first-order valence-corrected chi connectivity index (χ1v) is 8.82. The van der Waals surface area contributed by atoms with Gasteiger partial charge >= 0.3 is 0 Å². The molecule has 0 fully saturated rings. The van der Waals surface area contributed by atoms with Gasteiger partial charge in [-0.2, -0.15) is 0 Å². The molecule has 3 heteroatoms. The van der Waals surface area contributed by atoms with Gasteiger partial charge in [0.05, 0.1) is 11.4 Å². The molecule has 3 rings (SSSR count). The monoisotopic (exact) mass is 331 g/mol. The highest BCUT2D eigenvalue weighted by molar-refractivity contribution is 5.20. The lowest BCUT2D eigenvalue weighted by Crippen LogP contribution is -2.23. The highest BCUT2D eigenvalue weighted by Gasteiger charge is 2.11. The Balaban J connectivity index is 1.79. The van der Waals surface area contributed by atoms with Crippen molar-refractivity contribution >= 4 is 0 Å². The van der Waals surface area contributed by atoms with E-state index in [1.807, 2.05) is 24.5 Å². The summed E-state index contributed by atoms with van der Waals surface area (Å²) >= 11 is 0. The maximum atomic E-state index is 4.58. The third-order valence-corrected chi connectivity index (χ3v) is 4.25. The predicted molar refractivity (Wildman–Crippen MR) is 102 cm³/mol. The lowest BCUT2D eigenvalue weighted by atomic mass is 10.0. The SMILES string of the molecule is CC(C)c1ccnc(CN(Cc2ccccc2)Cc2ccccn2)c1. The molecule has 2 aromatic heterocycles. The first kappa shape index (κ1) is 17.3. The van der Waals surface area contributed by atoms with Crippen molar-refractivity contribution in [2.75, 3.05) is 0 Å². The summed E-state index contributed by atoms with van der Waals surface area (Å²) < 4.78 is 0. The zero-order valence-corrected chi connectivity index (χ0v) is 15.0. The summed E-state index contributed by atoms with van der Waals surface area (Å²) in [5.74, 6) is 0.514. The van der Waals surface area contributed by atoms with E-state index in [1.54, 1.807) is 0 Å². The van der Waals surface area contributed by atoms with Gasteiger partial charge < -0.3 is 0 Å².